The number of hydrogen-bond donors (Lipinski definition) is 2. The van der Waals surface area contributed by atoms with Gasteiger partial charge in [-0.05, 0) is 37.6 Å². The number of carbonyl (C=O) groups excluding carboxylic acids is 1. The predicted molar refractivity (Wildman–Crippen MR) is 71.6 cm³/mol. The molecule has 0 aliphatic carbocycles. The van der Waals surface area contributed by atoms with Gasteiger partial charge in [0.05, 0.1) is 6.04 Å². The molecule has 98 valence electrons. The second kappa shape index (κ2) is 6.29. The third kappa shape index (κ3) is 3.53. The van der Waals surface area contributed by atoms with Crippen LogP contribution < -0.4 is 10.6 Å². The number of hydrogen-bond acceptors (Lipinski definition) is 2. The molecule has 0 spiro atoms. The molecule has 0 saturated carbocycles. The van der Waals surface area contributed by atoms with Crippen molar-refractivity contribution < 1.29 is 9.18 Å². The fourth-order valence-electron chi connectivity index (χ4n) is 2.06. The second-order valence-corrected chi connectivity index (χ2v) is 5.37. The highest BCUT2D eigenvalue weighted by molar-refractivity contribution is 9.10. The molecular weight excluding hydrogens is 299 g/mol. The van der Waals surface area contributed by atoms with Gasteiger partial charge in [0.2, 0.25) is 5.91 Å². The van der Waals surface area contributed by atoms with Gasteiger partial charge in [0.1, 0.15) is 5.82 Å². The highest BCUT2D eigenvalue weighted by Crippen LogP contribution is 2.15. The summed E-state index contributed by atoms with van der Waals surface area (Å²) in [5.41, 5.74) is 0.494. The van der Waals surface area contributed by atoms with Gasteiger partial charge < -0.3 is 10.6 Å². The van der Waals surface area contributed by atoms with E-state index in [0.29, 0.717) is 5.56 Å². The third-order valence-electron chi connectivity index (χ3n) is 3.09. The van der Waals surface area contributed by atoms with Crippen molar-refractivity contribution >= 4 is 21.8 Å². The van der Waals surface area contributed by atoms with Gasteiger partial charge in [-0.1, -0.05) is 22.4 Å². The Morgan fingerprint density at radius 2 is 2.33 bits per heavy atom. The van der Waals surface area contributed by atoms with Gasteiger partial charge in [-0.25, -0.2) is 4.39 Å². The lowest BCUT2D eigenvalue weighted by Crippen LogP contribution is -2.46. The quantitative estimate of drug-likeness (QED) is 0.899. The third-order valence-corrected chi connectivity index (χ3v) is 3.58. The maximum absolute atomic E-state index is 13.5. The van der Waals surface area contributed by atoms with Crippen LogP contribution in [-0.2, 0) is 11.3 Å². The first-order valence-corrected chi connectivity index (χ1v) is 6.91. The number of rotatable bonds is 3. The summed E-state index contributed by atoms with van der Waals surface area (Å²) in [4.78, 5) is 11.9. The van der Waals surface area contributed by atoms with Gasteiger partial charge in [0.15, 0.2) is 0 Å². The van der Waals surface area contributed by atoms with Gasteiger partial charge in [-0.2, -0.15) is 0 Å². The molecule has 18 heavy (non-hydrogen) atoms. The molecule has 1 fully saturated rings. The van der Waals surface area contributed by atoms with Crippen molar-refractivity contribution in [3.05, 3.63) is 34.1 Å². The summed E-state index contributed by atoms with van der Waals surface area (Å²) in [7, 11) is 0. The summed E-state index contributed by atoms with van der Waals surface area (Å²) < 4.78 is 14.3. The number of amides is 1. The summed E-state index contributed by atoms with van der Waals surface area (Å²) >= 11 is 3.29. The number of benzene rings is 1. The highest BCUT2D eigenvalue weighted by Gasteiger charge is 2.20. The Labute approximate surface area is 114 Å². The molecule has 2 N–H and O–H groups in total. The van der Waals surface area contributed by atoms with Crippen molar-refractivity contribution in [3.8, 4) is 0 Å². The van der Waals surface area contributed by atoms with Crippen LogP contribution in [0.3, 0.4) is 0 Å². The summed E-state index contributed by atoms with van der Waals surface area (Å²) in [6, 6.07) is 4.59. The van der Waals surface area contributed by atoms with Gasteiger partial charge in [0, 0.05) is 16.6 Å². The number of nitrogens with one attached hydrogen (secondary N) is 2. The number of carbonyl (C=O) groups is 1. The molecule has 1 heterocycles. The van der Waals surface area contributed by atoms with Gasteiger partial charge in [0.25, 0.3) is 0 Å². The lowest BCUT2D eigenvalue weighted by atomic mass is 10.0. The topological polar surface area (TPSA) is 41.1 Å². The minimum absolute atomic E-state index is 0.0472. The first-order chi connectivity index (χ1) is 8.66. The van der Waals surface area contributed by atoms with Crippen molar-refractivity contribution in [1.29, 1.82) is 0 Å². The summed E-state index contributed by atoms with van der Waals surface area (Å²) in [6.45, 7) is 1.10. The van der Waals surface area contributed by atoms with Crippen molar-refractivity contribution in [3.63, 3.8) is 0 Å². The maximum Gasteiger partial charge on any atom is 0.237 e. The van der Waals surface area contributed by atoms with E-state index >= 15 is 0 Å². The minimum Gasteiger partial charge on any atom is -0.351 e. The van der Waals surface area contributed by atoms with E-state index in [1.54, 1.807) is 12.1 Å². The molecule has 1 aliphatic heterocycles. The molecule has 0 bridgehead atoms. The van der Waals surface area contributed by atoms with E-state index in [4.69, 9.17) is 0 Å². The van der Waals surface area contributed by atoms with Crippen molar-refractivity contribution in [2.24, 2.45) is 0 Å². The molecule has 0 unspecified atom stereocenters. The van der Waals surface area contributed by atoms with Crippen LogP contribution in [-0.4, -0.2) is 18.5 Å². The predicted octanol–water partition coefficient (Wildman–Crippen LogP) is 2.35. The summed E-state index contributed by atoms with van der Waals surface area (Å²) in [5.74, 6) is -0.343. The zero-order valence-corrected chi connectivity index (χ0v) is 11.6. The molecule has 0 aromatic heterocycles. The van der Waals surface area contributed by atoms with Crippen LogP contribution in [0.5, 0.6) is 0 Å². The van der Waals surface area contributed by atoms with Crippen LogP contribution in [0.4, 0.5) is 4.39 Å². The molecule has 1 aromatic carbocycles. The summed E-state index contributed by atoms with van der Waals surface area (Å²) in [5, 5.41) is 5.94. The molecule has 1 saturated heterocycles. The smallest absolute Gasteiger partial charge is 0.237 e. The van der Waals surface area contributed by atoms with Crippen LogP contribution in [0.1, 0.15) is 24.8 Å². The molecule has 1 amide bonds. The average molecular weight is 315 g/mol. The Balaban J connectivity index is 1.90. The fourth-order valence-corrected chi connectivity index (χ4v) is 2.47. The van der Waals surface area contributed by atoms with Gasteiger partial charge in [-0.3, -0.25) is 4.79 Å². The van der Waals surface area contributed by atoms with Crippen LogP contribution in [0.15, 0.2) is 22.7 Å². The zero-order valence-electron chi connectivity index (χ0n) is 10.0. The SMILES string of the molecule is O=C(NCc1cc(Br)ccc1F)[C@H]1CCCCN1. The van der Waals surface area contributed by atoms with E-state index in [-0.39, 0.29) is 24.3 Å². The molecule has 1 aliphatic rings. The van der Waals surface area contributed by atoms with E-state index < -0.39 is 0 Å². The summed E-state index contributed by atoms with van der Waals surface area (Å²) in [6.07, 6.45) is 3.03. The molecule has 3 nitrogen and oxygen atoms in total. The Morgan fingerprint density at radius 1 is 1.50 bits per heavy atom. The monoisotopic (exact) mass is 314 g/mol. The first-order valence-electron chi connectivity index (χ1n) is 6.12. The molecule has 2 rings (SSSR count). The van der Waals surface area contributed by atoms with Gasteiger partial charge >= 0.3 is 0 Å². The maximum atomic E-state index is 13.5. The van der Waals surface area contributed by atoms with Crippen LogP contribution in [0.25, 0.3) is 0 Å². The Bertz CT molecular complexity index is 433. The molecular formula is C13H16BrFN2O. The van der Waals surface area contributed by atoms with E-state index in [1.807, 2.05) is 0 Å². The molecule has 1 atom stereocenters. The Hall–Kier alpha value is -0.940. The Morgan fingerprint density at radius 3 is 3.06 bits per heavy atom. The van der Waals surface area contributed by atoms with E-state index in [0.717, 1.165) is 30.3 Å². The van der Waals surface area contributed by atoms with Crippen molar-refractivity contribution in [2.75, 3.05) is 6.54 Å². The van der Waals surface area contributed by atoms with Crippen molar-refractivity contribution in [1.82, 2.24) is 10.6 Å². The lowest BCUT2D eigenvalue weighted by Gasteiger charge is -2.22. The molecule has 0 radical (unpaired) electrons. The highest BCUT2D eigenvalue weighted by atomic mass is 79.9. The average Bonchev–Trinajstić information content (AvgIpc) is 2.40. The number of halogens is 2. The first kappa shape index (κ1) is 13.5. The van der Waals surface area contributed by atoms with Crippen molar-refractivity contribution in [2.45, 2.75) is 31.8 Å². The standard InChI is InChI=1S/C13H16BrFN2O/c14-10-4-5-11(15)9(7-10)8-17-13(18)12-3-1-2-6-16-12/h4-5,7,12,16H,1-3,6,8H2,(H,17,18)/t12-/m1/s1. The second-order valence-electron chi connectivity index (χ2n) is 4.46. The normalized spacial score (nSPS) is 19.6. The largest absolute Gasteiger partial charge is 0.351 e. The molecule has 1 aromatic rings. The lowest BCUT2D eigenvalue weighted by molar-refractivity contribution is -0.123. The van der Waals surface area contributed by atoms with Gasteiger partial charge in [-0.15, -0.1) is 0 Å². The van der Waals surface area contributed by atoms with E-state index in [2.05, 4.69) is 26.6 Å². The van der Waals surface area contributed by atoms with Crippen LogP contribution in [0, 0.1) is 5.82 Å². The fraction of sp³-hybridized carbons (Fsp3) is 0.462. The van der Waals surface area contributed by atoms with Crippen LogP contribution >= 0.6 is 15.9 Å². The van der Waals surface area contributed by atoms with E-state index in [1.165, 1.54) is 6.07 Å². The Kier molecular flexibility index (Phi) is 4.72. The number of piperidine rings is 1. The zero-order chi connectivity index (χ0) is 13.0. The molecule has 5 heteroatoms. The van der Waals surface area contributed by atoms with E-state index in [9.17, 15) is 9.18 Å². The minimum atomic E-state index is -0.296. The van der Waals surface area contributed by atoms with Crippen LogP contribution in [0.2, 0.25) is 0 Å².